The molecule has 1 heterocycles. The number of aromatic nitrogens is 1. The van der Waals surface area contributed by atoms with Crippen LogP contribution in [0.1, 0.15) is 37.0 Å². The van der Waals surface area contributed by atoms with E-state index in [1.165, 1.54) is 0 Å². The molecule has 5 heteroatoms. The molecular formula is C12H21ClN2OS. The Morgan fingerprint density at radius 3 is 2.76 bits per heavy atom. The summed E-state index contributed by atoms with van der Waals surface area (Å²) in [6.07, 6.45) is 1.04. The first-order chi connectivity index (χ1) is 8.13. The number of thiazole rings is 1. The van der Waals surface area contributed by atoms with Crippen molar-refractivity contribution in [1.82, 2.24) is 9.88 Å². The summed E-state index contributed by atoms with van der Waals surface area (Å²) in [5.74, 6) is 0.490. The van der Waals surface area contributed by atoms with Crippen molar-refractivity contribution >= 4 is 22.9 Å². The molecule has 0 spiro atoms. The summed E-state index contributed by atoms with van der Waals surface area (Å²) in [7, 11) is 3.86. The average Bonchev–Trinajstić information content (AvgIpc) is 2.79. The van der Waals surface area contributed by atoms with Gasteiger partial charge in [-0.2, -0.15) is 0 Å². The van der Waals surface area contributed by atoms with Gasteiger partial charge in [0.05, 0.1) is 24.2 Å². The number of nitrogens with zero attached hydrogens (tertiary/aromatic N) is 2. The lowest BCUT2D eigenvalue weighted by Gasteiger charge is -2.30. The smallest absolute Gasteiger partial charge is 0.110 e. The van der Waals surface area contributed by atoms with E-state index in [1.54, 1.807) is 18.4 Å². The summed E-state index contributed by atoms with van der Waals surface area (Å²) in [5, 5.41) is 3.19. The molecule has 0 bridgehead atoms. The van der Waals surface area contributed by atoms with Gasteiger partial charge in [0.25, 0.3) is 0 Å². The molecule has 98 valence electrons. The molecule has 0 N–H and O–H groups in total. The highest BCUT2D eigenvalue weighted by Gasteiger charge is 2.22. The molecule has 0 aliphatic heterocycles. The maximum atomic E-state index is 5.79. The average molecular weight is 277 g/mol. The van der Waals surface area contributed by atoms with Gasteiger partial charge in [-0.15, -0.1) is 22.9 Å². The van der Waals surface area contributed by atoms with E-state index < -0.39 is 0 Å². The summed E-state index contributed by atoms with van der Waals surface area (Å²) in [5.41, 5.74) is 0.970. The molecule has 2 unspecified atom stereocenters. The van der Waals surface area contributed by atoms with Crippen molar-refractivity contribution in [3.05, 3.63) is 16.1 Å². The molecule has 0 aromatic carbocycles. The molecule has 0 aliphatic carbocycles. The molecule has 0 amide bonds. The van der Waals surface area contributed by atoms with Crippen LogP contribution in [-0.2, 0) is 10.6 Å². The van der Waals surface area contributed by atoms with Crippen LogP contribution in [0.2, 0.25) is 0 Å². The van der Waals surface area contributed by atoms with Gasteiger partial charge in [-0.3, -0.25) is 4.90 Å². The van der Waals surface area contributed by atoms with Crippen LogP contribution in [0.25, 0.3) is 0 Å². The van der Waals surface area contributed by atoms with Crippen molar-refractivity contribution in [2.45, 2.75) is 38.2 Å². The lowest BCUT2D eigenvalue weighted by Crippen LogP contribution is -2.35. The second-order valence-corrected chi connectivity index (χ2v) is 5.36. The zero-order valence-corrected chi connectivity index (χ0v) is 12.5. The summed E-state index contributed by atoms with van der Waals surface area (Å²) < 4.78 is 5.20. The minimum Gasteiger partial charge on any atom is -0.383 e. The van der Waals surface area contributed by atoms with Crippen LogP contribution in [0.3, 0.4) is 0 Å². The SMILES string of the molecule is CCC(c1nc(CCl)cs1)N(C)C(C)COC. The largest absolute Gasteiger partial charge is 0.383 e. The quantitative estimate of drug-likeness (QED) is 0.715. The Labute approximate surface area is 113 Å². The third-order valence-electron chi connectivity index (χ3n) is 2.97. The van der Waals surface area contributed by atoms with Gasteiger partial charge in [-0.05, 0) is 20.4 Å². The molecule has 3 nitrogen and oxygen atoms in total. The highest BCUT2D eigenvalue weighted by Crippen LogP contribution is 2.28. The minimum atomic E-state index is 0.349. The molecule has 0 aliphatic rings. The highest BCUT2D eigenvalue weighted by molar-refractivity contribution is 7.09. The fourth-order valence-electron chi connectivity index (χ4n) is 1.84. The van der Waals surface area contributed by atoms with E-state index in [4.69, 9.17) is 16.3 Å². The molecule has 0 saturated carbocycles. The molecule has 1 aromatic rings. The van der Waals surface area contributed by atoms with Crippen LogP contribution in [0.4, 0.5) is 0 Å². The maximum absolute atomic E-state index is 5.79. The van der Waals surface area contributed by atoms with Crippen LogP contribution in [0, 0.1) is 0 Å². The minimum absolute atomic E-state index is 0.349. The van der Waals surface area contributed by atoms with Crippen LogP contribution in [0.5, 0.6) is 0 Å². The van der Waals surface area contributed by atoms with Crippen molar-refractivity contribution in [1.29, 1.82) is 0 Å². The zero-order valence-electron chi connectivity index (χ0n) is 10.9. The Hall–Kier alpha value is -0.160. The van der Waals surface area contributed by atoms with E-state index in [0.29, 0.717) is 18.0 Å². The van der Waals surface area contributed by atoms with Crippen molar-refractivity contribution in [2.75, 3.05) is 20.8 Å². The summed E-state index contributed by atoms with van der Waals surface area (Å²) >= 11 is 7.48. The topological polar surface area (TPSA) is 25.4 Å². The van der Waals surface area contributed by atoms with Gasteiger partial charge in [0.1, 0.15) is 5.01 Å². The highest BCUT2D eigenvalue weighted by atomic mass is 35.5. The molecular weight excluding hydrogens is 256 g/mol. The molecule has 1 rings (SSSR count). The molecule has 2 atom stereocenters. The maximum Gasteiger partial charge on any atom is 0.110 e. The molecule has 0 radical (unpaired) electrons. The third-order valence-corrected chi connectivity index (χ3v) is 4.24. The van der Waals surface area contributed by atoms with E-state index in [-0.39, 0.29) is 0 Å². The Bertz CT molecular complexity index is 332. The van der Waals surface area contributed by atoms with Gasteiger partial charge in [-0.25, -0.2) is 4.98 Å². The number of hydrogen-bond acceptors (Lipinski definition) is 4. The number of alkyl halides is 1. The number of likely N-dealkylation sites (N-methyl/N-ethyl adjacent to an activating group) is 1. The second kappa shape index (κ2) is 7.31. The monoisotopic (exact) mass is 276 g/mol. The third kappa shape index (κ3) is 3.91. The summed E-state index contributed by atoms with van der Waals surface area (Å²) in [4.78, 5) is 6.89. The Kier molecular flexibility index (Phi) is 6.41. The van der Waals surface area contributed by atoms with Gasteiger partial charge in [-0.1, -0.05) is 6.92 Å². The number of rotatable bonds is 7. The van der Waals surface area contributed by atoms with Gasteiger partial charge in [0, 0.05) is 18.5 Å². The number of ether oxygens (including phenoxy) is 1. The zero-order chi connectivity index (χ0) is 12.8. The summed E-state index contributed by atoms with van der Waals surface area (Å²) in [6, 6.07) is 0.732. The van der Waals surface area contributed by atoms with Crippen LogP contribution < -0.4 is 0 Å². The van der Waals surface area contributed by atoms with E-state index in [9.17, 15) is 0 Å². The molecule has 1 aromatic heterocycles. The Balaban J connectivity index is 2.76. The fourth-order valence-corrected chi connectivity index (χ4v) is 3.12. The predicted molar refractivity (Wildman–Crippen MR) is 73.8 cm³/mol. The first-order valence-electron chi connectivity index (χ1n) is 5.85. The van der Waals surface area contributed by atoms with Crippen molar-refractivity contribution < 1.29 is 4.74 Å². The molecule has 0 fully saturated rings. The number of hydrogen-bond donors (Lipinski definition) is 0. The fraction of sp³-hybridized carbons (Fsp3) is 0.750. The van der Waals surface area contributed by atoms with E-state index in [1.807, 2.05) is 5.38 Å². The first-order valence-corrected chi connectivity index (χ1v) is 7.26. The molecule has 0 saturated heterocycles. The van der Waals surface area contributed by atoms with E-state index in [2.05, 4.69) is 30.8 Å². The lowest BCUT2D eigenvalue weighted by atomic mass is 10.1. The Morgan fingerprint density at radius 2 is 2.29 bits per heavy atom. The van der Waals surface area contributed by atoms with Crippen molar-refractivity contribution in [3.63, 3.8) is 0 Å². The lowest BCUT2D eigenvalue weighted by molar-refractivity contribution is 0.0873. The van der Waals surface area contributed by atoms with Crippen LogP contribution in [-0.4, -0.2) is 36.7 Å². The standard InChI is InChI=1S/C12H21ClN2OS/c1-5-11(15(3)9(2)7-16-4)12-14-10(6-13)8-17-12/h8-9,11H,5-7H2,1-4H3. The number of methoxy groups -OCH3 is 1. The van der Waals surface area contributed by atoms with Crippen LogP contribution in [0.15, 0.2) is 5.38 Å². The second-order valence-electron chi connectivity index (χ2n) is 4.20. The van der Waals surface area contributed by atoms with E-state index >= 15 is 0 Å². The molecule has 17 heavy (non-hydrogen) atoms. The van der Waals surface area contributed by atoms with Gasteiger partial charge < -0.3 is 4.74 Å². The van der Waals surface area contributed by atoms with Gasteiger partial charge >= 0.3 is 0 Å². The van der Waals surface area contributed by atoms with E-state index in [0.717, 1.165) is 23.7 Å². The predicted octanol–water partition coefficient (Wildman–Crippen LogP) is 3.30. The Morgan fingerprint density at radius 1 is 1.59 bits per heavy atom. The van der Waals surface area contributed by atoms with Crippen molar-refractivity contribution in [3.8, 4) is 0 Å². The normalized spacial score (nSPS) is 15.2. The van der Waals surface area contributed by atoms with Crippen molar-refractivity contribution in [2.24, 2.45) is 0 Å². The first kappa shape index (κ1) is 14.9. The summed E-state index contributed by atoms with van der Waals surface area (Å²) in [6.45, 7) is 5.09. The number of halogens is 1. The van der Waals surface area contributed by atoms with Crippen LogP contribution >= 0.6 is 22.9 Å². The van der Waals surface area contributed by atoms with Gasteiger partial charge in [0.15, 0.2) is 0 Å². The van der Waals surface area contributed by atoms with Gasteiger partial charge in [0.2, 0.25) is 0 Å².